The van der Waals surface area contributed by atoms with Crippen LogP contribution in [0.15, 0.2) is 40.2 Å². The Morgan fingerprint density at radius 3 is 2.53 bits per heavy atom. The first kappa shape index (κ1) is 12.1. The van der Waals surface area contributed by atoms with Gasteiger partial charge in [-0.1, -0.05) is 0 Å². The van der Waals surface area contributed by atoms with Gasteiger partial charge < -0.3 is 11.1 Å². The number of rotatable bonds is 3. The van der Waals surface area contributed by atoms with Gasteiger partial charge >= 0.3 is 0 Å². The lowest BCUT2D eigenvalue weighted by Crippen LogP contribution is -2.22. The van der Waals surface area contributed by atoms with Crippen molar-refractivity contribution in [3.8, 4) is 0 Å². The molecule has 1 aromatic carbocycles. The number of thiophene rings is 1. The van der Waals surface area contributed by atoms with Crippen LogP contribution in [0.3, 0.4) is 0 Å². The number of nitrogen functional groups attached to an aromatic ring is 1. The van der Waals surface area contributed by atoms with E-state index in [1.807, 2.05) is 12.1 Å². The average molecular weight is 311 g/mol. The van der Waals surface area contributed by atoms with Crippen molar-refractivity contribution in [3.05, 3.63) is 50.6 Å². The maximum absolute atomic E-state index is 11.8. The Morgan fingerprint density at radius 1 is 1.24 bits per heavy atom. The molecular formula is C12H11BrN2OS. The number of hydrogen-bond acceptors (Lipinski definition) is 3. The van der Waals surface area contributed by atoms with E-state index in [1.54, 1.807) is 35.6 Å². The first-order valence-electron chi connectivity index (χ1n) is 5.03. The summed E-state index contributed by atoms with van der Waals surface area (Å²) in [6, 6.07) is 10.8. The summed E-state index contributed by atoms with van der Waals surface area (Å²) in [5, 5.41) is 2.86. The summed E-state index contributed by atoms with van der Waals surface area (Å²) < 4.78 is 1.06. The zero-order valence-corrected chi connectivity index (χ0v) is 11.3. The zero-order valence-electron chi connectivity index (χ0n) is 8.94. The molecule has 0 bridgehead atoms. The molecule has 0 aliphatic rings. The molecule has 2 aromatic rings. The van der Waals surface area contributed by atoms with Crippen molar-refractivity contribution in [2.45, 2.75) is 6.54 Å². The lowest BCUT2D eigenvalue weighted by atomic mass is 10.2. The zero-order chi connectivity index (χ0) is 12.3. The summed E-state index contributed by atoms with van der Waals surface area (Å²) in [6.45, 7) is 0.541. The third-order valence-corrected chi connectivity index (χ3v) is 3.85. The van der Waals surface area contributed by atoms with E-state index in [-0.39, 0.29) is 5.91 Å². The molecule has 0 atom stereocenters. The van der Waals surface area contributed by atoms with Gasteiger partial charge in [0.25, 0.3) is 5.91 Å². The molecule has 2 rings (SSSR count). The van der Waals surface area contributed by atoms with Gasteiger partial charge in [0.1, 0.15) is 0 Å². The molecule has 17 heavy (non-hydrogen) atoms. The van der Waals surface area contributed by atoms with E-state index in [0.29, 0.717) is 17.8 Å². The van der Waals surface area contributed by atoms with E-state index in [1.165, 1.54) is 0 Å². The van der Waals surface area contributed by atoms with Gasteiger partial charge in [0.05, 0.1) is 10.3 Å². The fourth-order valence-electron chi connectivity index (χ4n) is 1.35. The van der Waals surface area contributed by atoms with Gasteiger partial charge in [-0.15, -0.1) is 11.3 Å². The minimum absolute atomic E-state index is 0.0884. The monoisotopic (exact) mass is 310 g/mol. The lowest BCUT2D eigenvalue weighted by molar-refractivity contribution is 0.0951. The van der Waals surface area contributed by atoms with Crippen LogP contribution in [0.1, 0.15) is 15.2 Å². The van der Waals surface area contributed by atoms with Gasteiger partial charge in [0.2, 0.25) is 0 Å². The second-order valence-corrected chi connectivity index (χ2v) is 6.06. The Labute approximate surface area is 112 Å². The molecule has 1 heterocycles. The first-order valence-corrected chi connectivity index (χ1v) is 6.64. The summed E-state index contributed by atoms with van der Waals surface area (Å²) in [6.07, 6.45) is 0. The Balaban J connectivity index is 1.95. The second-order valence-electron chi connectivity index (χ2n) is 3.51. The van der Waals surface area contributed by atoms with E-state index < -0.39 is 0 Å². The Bertz CT molecular complexity index is 522. The first-order chi connectivity index (χ1) is 8.15. The molecule has 0 aliphatic heterocycles. The normalized spacial score (nSPS) is 10.2. The maximum Gasteiger partial charge on any atom is 0.251 e. The van der Waals surface area contributed by atoms with Crippen molar-refractivity contribution in [1.29, 1.82) is 0 Å². The van der Waals surface area contributed by atoms with E-state index in [9.17, 15) is 4.79 Å². The van der Waals surface area contributed by atoms with Crippen molar-refractivity contribution in [2.24, 2.45) is 0 Å². The lowest BCUT2D eigenvalue weighted by Gasteiger charge is -2.03. The minimum Gasteiger partial charge on any atom is -0.399 e. The van der Waals surface area contributed by atoms with Crippen LogP contribution in [0.2, 0.25) is 0 Å². The molecule has 1 amide bonds. The summed E-state index contributed by atoms with van der Waals surface area (Å²) in [7, 11) is 0. The van der Waals surface area contributed by atoms with Crippen LogP contribution < -0.4 is 11.1 Å². The predicted molar refractivity (Wildman–Crippen MR) is 74.0 cm³/mol. The van der Waals surface area contributed by atoms with Gasteiger partial charge in [-0.05, 0) is 52.3 Å². The van der Waals surface area contributed by atoms with Gasteiger partial charge in [0.15, 0.2) is 0 Å². The number of amides is 1. The highest BCUT2D eigenvalue weighted by Crippen LogP contribution is 2.21. The molecule has 0 radical (unpaired) electrons. The number of nitrogens with one attached hydrogen (secondary N) is 1. The van der Waals surface area contributed by atoms with Gasteiger partial charge in [-0.2, -0.15) is 0 Å². The molecule has 3 nitrogen and oxygen atoms in total. The third-order valence-electron chi connectivity index (χ3n) is 2.22. The molecule has 0 saturated heterocycles. The van der Waals surface area contributed by atoms with Crippen molar-refractivity contribution in [3.63, 3.8) is 0 Å². The van der Waals surface area contributed by atoms with Crippen molar-refractivity contribution in [1.82, 2.24) is 5.32 Å². The number of benzene rings is 1. The molecule has 3 N–H and O–H groups in total. The van der Waals surface area contributed by atoms with Crippen molar-refractivity contribution >= 4 is 38.9 Å². The van der Waals surface area contributed by atoms with Crippen LogP contribution in [0.4, 0.5) is 5.69 Å². The molecule has 0 fully saturated rings. The van der Waals surface area contributed by atoms with Crippen LogP contribution in [0.25, 0.3) is 0 Å². The topological polar surface area (TPSA) is 55.1 Å². The molecule has 88 valence electrons. The SMILES string of the molecule is Nc1ccc(C(=O)NCc2ccc(Br)s2)cc1. The largest absolute Gasteiger partial charge is 0.399 e. The molecular weight excluding hydrogens is 300 g/mol. The van der Waals surface area contributed by atoms with Gasteiger partial charge in [0, 0.05) is 16.1 Å². The number of halogens is 1. The summed E-state index contributed by atoms with van der Waals surface area (Å²) >= 11 is 4.99. The van der Waals surface area contributed by atoms with Crippen molar-refractivity contribution in [2.75, 3.05) is 5.73 Å². The number of nitrogens with two attached hydrogens (primary N) is 1. The van der Waals surface area contributed by atoms with E-state index in [0.717, 1.165) is 8.66 Å². The van der Waals surface area contributed by atoms with Crippen LogP contribution >= 0.6 is 27.3 Å². The van der Waals surface area contributed by atoms with Crippen LogP contribution in [0.5, 0.6) is 0 Å². The fraction of sp³-hybridized carbons (Fsp3) is 0.0833. The molecule has 0 unspecified atom stereocenters. The number of anilines is 1. The molecule has 0 saturated carbocycles. The van der Waals surface area contributed by atoms with E-state index in [4.69, 9.17) is 5.73 Å². The summed E-state index contributed by atoms with van der Waals surface area (Å²) in [5.74, 6) is -0.0884. The third kappa shape index (κ3) is 3.31. The van der Waals surface area contributed by atoms with Crippen LogP contribution in [-0.4, -0.2) is 5.91 Å². The van der Waals surface area contributed by atoms with E-state index >= 15 is 0 Å². The standard InChI is InChI=1S/C12H11BrN2OS/c13-11-6-5-10(17-11)7-15-12(16)8-1-3-9(14)4-2-8/h1-6H,7,14H2,(H,15,16). The van der Waals surface area contributed by atoms with Gasteiger partial charge in [-0.25, -0.2) is 0 Å². The molecule has 1 aromatic heterocycles. The molecule has 5 heteroatoms. The van der Waals surface area contributed by atoms with Crippen molar-refractivity contribution < 1.29 is 4.79 Å². The molecule has 0 spiro atoms. The minimum atomic E-state index is -0.0884. The maximum atomic E-state index is 11.8. The van der Waals surface area contributed by atoms with Crippen LogP contribution in [0, 0.1) is 0 Å². The highest BCUT2D eigenvalue weighted by Gasteiger charge is 2.05. The second kappa shape index (κ2) is 5.33. The van der Waals surface area contributed by atoms with Gasteiger partial charge in [-0.3, -0.25) is 4.79 Å². The summed E-state index contributed by atoms with van der Waals surface area (Å²) in [5.41, 5.74) is 6.84. The average Bonchev–Trinajstić information content (AvgIpc) is 2.73. The Kier molecular flexibility index (Phi) is 3.81. The Morgan fingerprint density at radius 2 is 1.94 bits per heavy atom. The Hall–Kier alpha value is -1.33. The molecule has 0 aliphatic carbocycles. The number of carbonyl (C=O) groups excluding carboxylic acids is 1. The highest BCUT2D eigenvalue weighted by atomic mass is 79.9. The quantitative estimate of drug-likeness (QED) is 0.856. The number of carbonyl (C=O) groups is 1. The number of hydrogen-bond donors (Lipinski definition) is 2. The van der Waals surface area contributed by atoms with E-state index in [2.05, 4.69) is 21.2 Å². The smallest absolute Gasteiger partial charge is 0.251 e. The highest BCUT2D eigenvalue weighted by molar-refractivity contribution is 9.11. The summed E-state index contributed by atoms with van der Waals surface area (Å²) in [4.78, 5) is 12.9. The predicted octanol–water partition coefficient (Wildman–Crippen LogP) is 3.02. The fourth-order valence-corrected chi connectivity index (χ4v) is 2.77. The van der Waals surface area contributed by atoms with Crippen LogP contribution in [-0.2, 0) is 6.54 Å².